The number of nitrogens with zero attached hydrogens (tertiary/aromatic N) is 2. The molecule has 2 aromatic rings. The van der Waals surface area contributed by atoms with Gasteiger partial charge in [-0.2, -0.15) is 0 Å². The number of hydrogen-bond acceptors (Lipinski definition) is 3. The van der Waals surface area contributed by atoms with Crippen LogP contribution in [0, 0.1) is 0 Å². The normalized spacial score (nSPS) is 18.5. The van der Waals surface area contributed by atoms with Crippen LogP contribution >= 0.6 is 15.9 Å². The molecule has 1 fully saturated rings. The van der Waals surface area contributed by atoms with E-state index in [2.05, 4.69) is 20.9 Å². The van der Waals surface area contributed by atoms with E-state index in [9.17, 15) is 4.79 Å². The molecule has 5 heteroatoms. The zero-order chi connectivity index (χ0) is 14.7. The Morgan fingerprint density at radius 2 is 2.05 bits per heavy atom. The second-order valence-corrected chi connectivity index (χ2v) is 5.71. The predicted molar refractivity (Wildman–Crippen MR) is 83.0 cm³/mol. The summed E-state index contributed by atoms with van der Waals surface area (Å²) in [6.07, 6.45) is 1.55. The van der Waals surface area contributed by atoms with Gasteiger partial charge in [0.05, 0.1) is 13.2 Å². The molecule has 1 atom stereocenters. The third-order valence-electron chi connectivity index (χ3n) is 3.49. The number of hydrogen-bond donors (Lipinski definition) is 0. The predicted octanol–water partition coefficient (Wildman–Crippen LogP) is 3.06. The van der Waals surface area contributed by atoms with Crippen molar-refractivity contribution in [2.24, 2.45) is 0 Å². The molecular formula is C16H15BrN2O2. The largest absolute Gasteiger partial charge is 0.370 e. The molecule has 1 aliphatic rings. The molecule has 0 bridgehead atoms. The molecule has 4 nitrogen and oxygen atoms in total. The summed E-state index contributed by atoms with van der Waals surface area (Å²) in [5, 5.41) is 0. The third kappa shape index (κ3) is 3.14. The standard InChI is InChI=1S/C16H15BrN2O2/c17-13-7-4-8-18-15(13)16(20)19-9-10-21-14(11-19)12-5-2-1-3-6-12/h1-8,14H,9-11H2. The lowest BCUT2D eigenvalue weighted by Gasteiger charge is -2.33. The van der Waals surface area contributed by atoms with Gasteiger partial charge in [0, 0.05) is 17.2 Å². The van der Waals surface area contributed by atoms with Crippen molar-refractivity contribution < 1.29 is 9.53 Å². The summed E-state index contributed by atoms with van der Waals surface area (Å²) >= 11 is 3.38. The lowest BCUT2D eigenvalue weighted by atomic mass is 10.1. The fourth-order valence-corrected chi connectivity index (χ4v) is 2.82. The zero-order valence-electron chi connectivity index (χ0n) is 11.4. The number of carbonyl (C=O) groups is 1. The van der Waals surface area contributed by atoms with Crippen molar-refractivity contribution in [2.75, 3.05) is 19.7 Å². The van der Waals surface area contributed by atoms with Crippen LogP contribution in [0.15, 0.2) is 53.1 Å². The van der Waals surface area contributed by atoms with E-state index in [1.54, 1.807) is 17.2 Å². The van der Waals surface area contributed by atoms with Gasteiger partial charge >= 0.3 is 0 Å². The van der Waals surface area contributed by atoms with E-state index in [-0.39, 0.29) is 12.0 Å². The SMILES string of the molecule is O=C(c1ncccc1Br)N1CCOC(c2ccccc2)C1. The lowest BCUT2D eigenvalue weighted by Crippen LogP contribution is -2.42. The number of ether oxygens (including phenoxy) is 1. The number of aromatic nitrogens is 1. The number of rotatable bonds is 2. The van der Waals surface area contributed by atoms with Crippen molar-refractivity contribution >= 4 is 21.8 Å². The molecule has 1 aliphatic heterocycles. The molecule has 0 spiro atoms. The second kappa shape index (κ2) is 6.37. The Morgan fingerprint density at radius 1 is 1.24 bits per heavy atom. The Kier molecular flexibility index (Phi) is 4.31. The molecule has 0 aliphatic carbocycles. The van der Waals surface area contributed by atoms with Crippen LogP contribution in [0.2, 0.25) is 0 Å². The van der Waals surface area contributed by atoms with Crippen LogP contribution < -0.4 is 0 Å². The van der Waals surface area contributed by atoms with Crippen molar-refractivity contribution in [3.05, 3.63) is 64.4 Å². The summed E-state index contributed by atoms with van der Waals surface area (Å²) < 4.78 is 6.50. The van der Waals surface area contributed by atoms with Crippen LogP contribution in [0.3, 0.4) is 0 Å². The van der Waals surface area contributed by atoms with Gasteiger partial charge in [0.2, 0.25) is 0 Å². The Morgan fingerprint density at radius 3 is 2.81 bits per heavy atom. The van der Waals surface area contributed by atoms with Gasteiger partial charge in [-0.15, -0.1) is 0 Å². The summed E-state index contributed by atoms with van der Waals surface area (Å²) in [4.78, 5) is 18.5. The minimum absolute atomic E-state index is 0.0632. The molecule has 1 amide bonds. The minimum atomic E-state index is -0.0774. The maximum atomic E-state index is 12.6. The van der Waals surface area contributed by atoms with Gasteiger partial charge in [-0.3, -0.25) is 4.79 Å². The van der Waals surface area contributed by atoms with Crippen molar-refractivity contribution in [3.63, 3.8) is 0 Å². The topological polar surface area (TPSA) is 42.4 Å². The van der Waals surface area contributed by atoms with Gasteiger partial charge in [0.15, 0.2) is 0 Å². The van der Waals surface area contributed by atoms with Gasteiger partial charge in [-0.25, -0.2) is 4.98 Å². The first-order chi connectivity index (χ1) is 10.3. The maximum Gasteiger partial charge on any atom is 0.273 e. The molecule has 0 radical (unpaired) electrons. The molecule has 1 unspecified atom stereocenters. The van der Waals surface area contributed by atoms with E-state index in [4.69, 9.17) is 4.74 Å². The number of benzene rings is 1. The highest BCUT2D eigenvalue weighted by molar-refractivity contribution is 9.10. The van der Waals surface area contributed by atoms with Crippen molar-refractivity contribution in [1.82, 2.24) is 9.88 Å². The third-order valence-corrected chi connectivity index (χ3v) is 4.13. The molecule has 0 N–H and O–H groups in total. The van der Waals surface area contributed by atoms with E-state index < -0.39 is 0 Å². The van der Waals surface area contributed by atoms with Gasteiger partial charge in [-0.1, -0.05) is 30.3 Å². The molecule has 1 aromatic carbocycles. The van der Waals surface area contributed by atoms with E-state index in [0.29, 0.717) is 25.4 Å². The maximum absolute atomic E-state index is 12.6. The fraction of sp³-hybridized carbons (Fsp3) is 0.250. The number of carbonyl (C=O) groups excluding carboxylic acids is 1. The summed E-state index contributed by atoms with van der Waals surface area (Å²) in [5.74, 6) is -0.0632. The molecule has 1 aromatic heterocycles. The number of pyridine rings is 1. The van der Waals surface area contributed by atoms with Crippen molar-refractivity contribution in [1.29, 1.82) is 0 Å². The Hall–Kier alpha value is -1.72. The van der Waals surface area contributed by atoms with Crippen LogP contribution in [-0.4, -0.2) is 35.5 Å². The average molecular weight is 347 g/mol. The molecule has 2 heterocycles. The molecular weight excluding hydrogens is 332 g/mol. The number of morpholine rings is 1. The van der Waals surface area contributed by atoms with Gasteiger partial charge < -0.3 is 9.64 Å². The van der Waals surface area contributed by atoms with Gasteiger partial charge in [0.1, 0.15) is 11.8 Å². The van der Waals surface area contributed by atoms with Crippen molar-refractivity contribution in [3.8, 4) is 0 Å². The highest BCUT2D eigenvalue weighted by Crippen LogP contribution is 2.24. The molecule has 108 valence electrons. The Balaban J connectivity index is 1.77. The first kappa shape index (κ1) is 14.2. The molecule has 1 saturated heterocycles. The summed E-state index contributed by atoms with van der Waals surface area (Å²) in [6, 6.07) is 13.6. The van der Waals surface area contributed by atoms with Crippen LogP contribution in [0.5, 0.6) is 0 Å². The monoisotopic (exact) mass is 346 g/mol. The average Bonchev–Trinajstić information content (AvgIpc) is 2.56. The number of amides is 1. The second-order valence-electron chi connectivity index (χ2n) is 4.86. The van der Waals surface area contributed by atoms with E-state index in [0.717, 1.165) is 10.0 Å². The van der Waals surface area contributed by atoms with E-state index in [1.807, 2.05) is 36.4 Å². The van der Waals surface area contributed by atoms with Crippen molar-refractivity contribution in [2.45, 2.75) is 6.10 Å². The quantitative estimate of drug-likeness (QED) is 0.839. The fourth-order valence-electron chi connectivity index (χ4n) is 2.40. The van der Waals surface area contributed by atoms with Crippen LogP contribution in [-0.2, 0) is 4.74 Å². The van der Waals surface area contributed by atoms with E-state index in [1.165, 1.54) is 0 Å². The summed E-state index contributed by atoms with van der Waals surface area (Å²) in [7, 11) is 0. The molecule has 3 rings (SSSR count). The molecule has 0 saturated carbocycles. The number of halogens is 1. The molecule has 21 heavy (non-hydrogen) atoms. The first-order valence-corrected chi connectivity index (χ1v) is 7.61. The lowest BCUT2D eigenvalue weighted by molar-refractivity contribution is -0.0230. The van der Waals surface area contributed by atoms with Crippen LogP contribution in [0.25, 0.3) is 0 Å². The minimum Gasteiger partial charge on any atom is -0.370 e. The van der Waals surface area contributed by atoms with Crippen LogP contribution in [0.1, 0.15) is 22.2 Å². The van der Waals surface area contributed by atoms with Gasteiger partial charge in [-0.05, 0) is 33.6 Å². The highest BCUT2D eigenvalue weighted by Gasteiger charge is 2.27. The van der Waals surface area contributed by atoms with Gasteiger partial charge in [0.25, 0.3) is 5.91 Å². The summed E-state index contributed by atoms with van der Waals surface area (Å²) in [6.45, 7) is 1.67. The highest BCUT2D eigenvalue weighted by atomic mass is 79.9. The zero-order valence-corrected chi connectivity index (χ0v) is 13.0. The first-order valence-electron chi connectivity index (χ1n) is 6.82. The summed E-state index contributed by atoms with van der Waals surface area (Å²) in [5.41, 5.74) is 1.54. The smallest absolute Gasteiger partial charge is 0.273 e. The Labute approximate surface area is 131 Å². The van der Waals surface area contributed by atoms with Crippen LogP contribution in [0.4, 0.5) is 0 Å². The Bertz CT molecular complexity index is 633. The van der Waals surface area contributed by atoms with E-state index >= 15 is 0 Å².